The molecule has 6 nitrogen and oxygen atoms in total. The van der Waals surface area contributed by atoms with Gasteiger partial charge in [-0.15, -0.1) is 4.91 Å². The molecule has 0 spiro atoms. The number of nitrogen functional groups attached to an aromatic ring is 2. The van der Waals surface area contributed by atoms with Crippen LogP contribution in [0.2, 0.25) is 0 Å². The molecule has 0 radical (unpaired) electrons. The van der Waals surface area contributed by atoms with Crippen LogP contribution >= 0.6 is 0 Å². The predicted octanol–water partition coefficient (Wildman–Crippen LogP) is -7.84. The van der Waals surface area contributed by atoms with Gasteiger partial charge >= 0.3 is 21.1 Å². The SMILES string of the molecule is N.Nc1ccccc1N.O=NO.[Cl-].[Cl-].[Cl-].[Pt+4]. The van der Waals surface area contributed by atoms with E-state index in [1.165, 1.54) is 5.34 Å². The Morgan fingerprint density at radius 1 is 1.00 bits per heavy atom. The average Bonchev–Trinajstić information content (AvgIpc) is 1.97. The van der Waals surface area contributed by atoms with E-state index in [2.05, 4.69) is 0 Å². The molecule has 0 bridgehead atoms. The monoisotopic (exact) mass is 472 g/mol. The van der Waals surface area contributed by atoms with Crippen LogP contribution in [-0.4, -0.2) is 5.21 Å². The first-order chi connectivity index (χ1) is 5.22. The Morgan fingerprint density at radius 2 is 1.19 bits per heavy atom. The molecular weight excluding hydrogens is 462 g/mol. The van der Waals surface area contributed by atoms with Gasteiger partial charge in [0, 0.05) is 0 Å². The van der Waals surface area contributed by atoms with Crippen molar-refractivity contribution in [1.82, 2.24) is 6.15 Å². The van der Waals surface area contributed by atoms with Crippen LogP contribution in [0.1, 0.15) is 0 Å². The van der Waals surface area contributed by atoms with Crippen molar-refractivity contribution in [1.29, 1.82) is 0 Å². The van der Waals surface area contributed by atoms with E-state index in [0.29, 0.717) is 11.4 Å². The Morgan fingerprint density at radius 3 is 1.31 bits per heavy atom. The second kappa shape index (κ2) is 24.1. The van der Waals surface area contributed by atoms with Gasteiger partial charge in [0.25, 0.3) is 0 Å². The van der Waals surface area contributed by atoms with Crippen molar-refractivity contribution in [2.75, 3.05) is 11.5 Å². The number of hydrogen-bond donors (Lipinski definition) is 4. The topological polar surface area (TPSA) is 137 Å². The van der Waals surface area contributed by atoms with Gasteiger partial charge in [-0.25, -0.2) is 0 Å². The molecule has 0 aromatic heterocycles. The molecule has 0 amide bonds. The summed E-state index contributed by atoms with van der Waals surface area (Å²) in [5, 5.41) is 7.89. The number of rotatable bonds is 0. The molecule has 0 saturated heterocycles. The Labute approximate surface area is 127 Å². The number of nitrogens with two attached hydrogens (primary N) is 2. The fraction of sp³-hybridized carbons (Fsp3) is 0. The first-order valence-corrected chi connectivity index (χ1v) is 2.79. The minimum absolute atomic E-state index is 0. The molecule has 98 valence electrons. The fourth-order valence-electron chi connectivity index (χ4n) is 0.511. The van der Waals surface area contributed by atoms with Gasteiger partial charge < -0.3 is 60.0 Å². The number of para-hydroxylation sites is 2. The van der Waals surface area contributed by atoms with Crippen molar-refractivity contribution >= 4 is 11.4 Å². The molecule has 0 heterocycles. The molecular formula is C6H12Cl3N4O2Pt+. The van der Waals surface area contributed by atoms with Gasteiger partial charge in [-0.05, 0) is 12.1 Å². The summed E-state index contributed by atoms with van der Waals surface area (Å²) < 4.78 is 0. The van der Waals surface area contributed by atoms with E-state index < -0.39 is 0 Å². The Hall–Kier alpha value is -0.262. The Kier molecular flexibility index (Phi) is 54.4. The number of nitrogens with zero attached hydrogens (tertiary/aromatic N) is 1. The van der Waals surface area contributed by atoms with Crippen molar-refractivity contribution in [2.45, 2.75) is 0 Å². The molecule has 0 atom stereocenters. The maximum atomic E-state index is 8.11. The smallest absolute Gasteiger partial charge is 1.00 e. The zero-order valence-electron chi connectivity index (χ0n) is 7.92. The summed E-state index contributed by atoms with van der Waals surface area (Å²) in [6.07, 6.45) is 0. The van der Waals surface area contributed by atoms with E-state index in [1.807, 2.05) is 12.1 Å². The van der Waals surface area contributed by atoms with Crippen molar-refractivity contribution in [2.24, 2.45) is 5.34 Å². The molecule has 16 heavy (non-hydrogen) atoms. The summed E-state index contributed by atoms with van der Waals surface area (Å²) >= 11 is 0. The summed E-state index contributed by atoms with van der Waals surface area (Å²) in [4.78, 5) is 8.11. The minimum atomic E-state index is 0. The van der Waals surface area contributed by atoms with Gasteiger partial charge in [0.2, 0.25) is 0 Å². The number of hydrogen-bond acceptors (Lipinski definition) is 5. The van der Waals surface area contributed by atoms with E-state index in [4.69, 9.17) is 21.6 Å². The molecule has 0 unspecified atom stereocenters. The number of halogens is 3. The molecule has 0 aliphatic heterocycles. The summed E-state index contributed by atoms with van der Waals surface area (Å²) in [5.41, 5.74) is 12.1. The van der Waals surface area contributed by atoms with Crippen LogP contribution in [0.15, 0.2) is 29.6 Å². The van der Waals surface area contributed by atoms with Crippen LogP contribution in [0.3, 0.4) is 0 Å². The third-order valence-electron chi connectivity index (χ3n) is 0.996. The molecule has 10 heteroatoms. The molecule has 1 rings (SSSR count). The maximum absolute atomic E-state index is 8.11. The first-order valence-electron chi connectivity index (χ1n) is 2.79. The van der Waals surface area contributed by atoms with Crippen molar-refractivity contribution < 1.29 is 63.5 Å². The normalized spacial score (nSPS) is 5.25. The van der Waals surface area contributed by atoms with Crippen LogP contribution in [0.4, 0.5) is 11.4 Å². The first kappa shape index (κ1) is 36.0. The van der Waals surface area contributed by atoms with Gasteiger partial charge in [-0.1, -0.05) is 12.1 Å². The summed E-state index contributed by atoms with van der Waals surface area (Å²) in [5.74, 6) is 0. The molecule has 8 N–H and O–H groups in total. The van der Waals surface area contributed by atoms with Crippen LogP contribution < -0.4 is 54.8 Å². The van der Waals surface area contributed by atoms with E-state index in [-0.39, 0.29) is 64.4 Å². The average molecular weight is 474 g/mol. The van der Waals surface area contributed by atoms with Crippen molar-refractivity contribution in [3.63, 3.8) is 0 Å². The predicted molar refractivity (Wildman–Crippen MR) is 47.9 cm³/mol. The zero-order valence-corrected chi connectivity index (χ0v) is 12.5. The zero-order chi connectivity index (χ0) is 8.69. The molecule has 0 aliphatic carbocycles. The van der Waals surface area contributed by atoms with Gasteiger partial charge in [0.15, 0.2) is 5.34 Å². The summed E-state index contributed by atoms with van der Waals surface area (Å²) in [6.45, 7) is 0. The van der Waals surface area contributed by atoms with E-state index in [9.17, 15) is 0 Å². The summed E-state index contributed by atoms with van der Waals surface area (Å²) in [6, 6.07) is 7.25. The van der Waals surface area contributed by atoms with E-state index in [0.717, 1.165) is 0 Å². The second-order valence-electron chi connectivity index (χ2n) is 1.71. The molecule has 1 aromatic carbocycles. The van der Waals surface area contributed by atoms with E-state index >= 15 is 0 Å². The standard InChI is InChI=1S/C6H8N2.3ClH.HNO2.H3N.Pt/c7-5-3-1-2-4-6(5)8;;;;2-1-3;;/h1-4H,7-8H2;3*1H;(H,2,3);1H3;/q;;;;;;+4/p-3. The maximum Gasteiger partial charge on any atom is 4.00 e. The van der Waals surface area contributed by atoms with Gasteiger partial charge in [-0.2, -0.15) is 0 Å². The molecule has 1 aromatic rings. The minimum Gasteiger partial charge on any atom is -1.00 e. The number of benzene rings is 1. The largest absolute Gasteiger partial charge is 4.00 e. The van der Waals surface area contributed by atoms with Gasteiger partial charge in [-0.3, -0.25) is 0 Å². The van der Waals surface area contributed by atoms with Crippen molar-refractivity contribution in [3.05, 3.63) is 29.2 Å². The van der Waals surface area contributed by atoms with Crippen molar-refractivity contribution in [3.8, 4) is 0 Å². The van der Waals surface area contributed by atoms with E-state index in [1.54, 1.807) is 12.1 Å². The molecule has 0 aliphatic rings. The van der Waals surface area contributed by atoms with Crippen LogP contribution in [-0.2, 0) is 21.1 Å². The third-order valence-corrected chi connectivity index (χ3v) is 0.996. The second-order valence-corrected chi connectivity index (χ2v) is 1.71. The van der Waals surface area contributed by atoms with Crippen LogP contribution in [0.25, 0.3) is 0 Å². The summed E-state index contributed by atoms with van der Waals surface area (Å²) in [7, 11) is 0. The number of anilines is 2. The molecule has 0 fully saturated rings. The quantitative estimate of drug-likeness (QED) is 0.169. The van der Waals surface area contributed by atoms with Gasteiger partial charge in [0.1, 0.15) is 0 Å². The van der Waals surface area contributed by atoms with Crippen LogP contribution in [0, 0.1) is 4.91 Å². The van der Waals surface area contributed by atoms with Crippen LogP contribution in [0.5, 0.6) is 0 Å². The molecule has 0 saturated carbocycles. The Bertz CT molecular complexity index is 224. The Balaban J connectivity index is -0.0000000288. The van der Waals surface area contributed by atoms with Gasteiger partial charge in [0.05, 0.1) is 11.4 Å². The fourth-order valence-corrected chi connectivity index (χ4v) is 0.511. The third kappa shape index (κ3) is 19.3.